The Labute approximate surface area is 57.9 Å². The summed E-state index contributed by atoms with van der Waals surface area (Å²) in [6.07, 6.45) is 5.52. The summed E-state index contributed by atoms with van der Waals surface area (Å²) in [5.74, 6) is 0. The molecule has 0 aromatic rings. The lowest BCUT2D eigenvalue weighted by molar-refractivity contribution is 0.923. The van der Waals surface area contributed by atoms with Crippen LogP contribution < -0.4 is 5.73 Å². The summed E-state index contributed by atoms with van der Waals surface area (Å²) in [6.45, 7) is 0.852. The fourth-order valence-electron chi connectivity index (χ4n) is 1.02. The highest BCUT2D eigenvalue weighted by molar-refractivity contribution is 6.70. The summed E-state index contributed by atoms with van der Waals surface area (Å²) in [4.78, 5) is 0. The molecule has 9 heavy (non-hydrogen) atoms. The molecule has 0 unspecified atom stereocenters. The molecule has 0 aromatic carbocycles. The van der Waals surface area contributed by atoms with Crippen LogP contribution in [0.5, 0.6) is 0 Å². The molecule has 0 spiro atoms. The van der Waals surface area contributed by atoms with Crippen LogP contribution in [0.25, 0.3) is 0 Å². The predicted molar refractivity (Wildman–Crippen MR) is 43.9 cm³/mol. The molecule has 1 aliphatic rings. The third-order valence-corrected chi connectivity index (χ3v) is 4.08. The zero-order valence-electron chi connectivity index (χ0n) is 5.59. The van der Waals surface area contributed by atoms with Gasteiger partial charge in [-0.2, -0.15) is 0 Å². The van der Waals surface area contributed by atoms with E-state index in [4.69, 9.17) is 5.73 Å². The Hall–Kier alpha value is -0.343. The lowest BCUT2D eigenvalue weighted by Gasteiger charge is -1.98. The van der Waals surface area contributed by atoms with Crippen molar-refractivity contribution >= 4 is 8.80 Å². The molecule has 0 saturated heterocycles. The highest BCUT2D eigenvalue weighted by Gasteiger charge is 2.02. The van der Waals surface area contributed by atoms with Crippen LogP contribution in [0.15, 0.2) is 23.6 Å². The lowest BCUT2D eigenvalue weighted by Crippen LogP contribution is -2.07. The SMILES string of the molecule is NCCC[SiH]1C=CC=C1. The summed E-state index contributed by atoms with van der Waals surface area (Å²) >= 11 is 0. The Bertz CT molecular complexity index is 117. The zero-order valence-corrected chi connectivity index (χ0v) is 6.74. The molecular formula is C7H13NSi. The molecule has 50 valence electrons. The monoisotopic (exact) mass is 139 g/mol. The van der Waals surface area contributed by atoms with E-state index < -0.39 is 8.80 Å². The van der Waals surface area contributed by atoms with E-state index in [2.05, 4.69) is 23.6 Å². The van der Waals surface area contributed by atoms with Gasteiger partial charge < -0.3 is 5.73 Å². The molecule has 0 fully saturated rings. The molecule has 2 heteroatoms. The molecule has 0 bridgehead atoms. The first kappa shape index (κ1) is 6.77. The van der Waals surface area contributed by atoms with Gasteiger partial charge in [0, 0.05) is 0 Å². The second-order valence-corrected chi connectivity index (χ2v) is 5.04. The van der Waals surface area contributed by atoms with E-state index >= 15 is 0 Å². The van der Waals surface area contributed by atoms with Gasteiger partial charge in [0.1, 0.15) is 0 Å². The number of hydrogen-bond donors (Lipinski definition) is 1. The van der Waals surface area contributed by atoms with Gasteiger partial charge in [-0.3, -0.25) is 0 Å². The van der Waals surface area contributed by atoms with E-state index in [-0.39, 0.29) is 0 Å². The second kappa shape index (κ2) is 3.64. The summed E-state index contributed by atoms with van der Waals surface area (Å²) in [5.41, 5.74) is 10.1. The van der Waals surface area contributed by atoms with Gasteiger partial charge in [0.25, 0.3) is 0 Å². The largest absolute Gasteiger partial charge is 0.330 e. The first-order valence-electron chi connectivity index (χ1n) is 3.48. The van der Waals surface area contributed by atoms with Crippen molar-refractivity contribution in [3.63, 3.8) is 0 Å². The van der Waals surface area contributed by atoms with E-state index in [1.54, 1.807) is 0 Å². The van der Waals surface area contributed by atoms with Gasteiger partial charge in [0.05, 0.1) is 8.80 Å². The van der Waals surface area contributed by atoms with Crippen LogP contribution in [0.4, 0.5) is 0 Å². The molecule has 2 N–H and O–H groups in total. The van der Waals surface area contributed by atoms with Crippen molar-refractivity contribution in [2.45, 2.75) is 12.5 Å². The molecule has 1 rings (SSSR count). The predicted octanol–water partition coefficient (Wildman–Crippen LogP) is 0.767. The van der Waals surface area contributed by atoms with Gasteiger partial charge in [-0.05, 0) is 13.0 Å². The van der Waals surface area contributed by atoms with Crippen molar-refractivity contribution in [2.24, 2.45) is 5.73 Å². The van der Waals surface area contributed by atoms with E-state index in [1.807, 2.05) is 0 Å². The maximum Gasteiger partial charge on any atom is 0.0852 e. The van der Waals surface area contributed by atoms with Crippen LogP contribution in [0.3, 0.4) is 0 Å². The quantitative estimate of drug-likeness (QED) is 0.574. The summed E-state index contributed by atoms with van der Waals surface area (Å²) < 4.78 is 0. The lowest BCUT2D eigenvalue weighted by atomic mass is 10.5. The van der Waals surface area contributed by atoms with E-state index in [9.17, 15) is 0 Å². The van der Waals surface area contributed by atoms with Gasteiger partial charge in [0.15, 0.2) is 0 Å². The standard InChI is InChI=1S/C7H13NSi/c8-4-3-7-9-5-1-2-6-9/h1-2,5-6,9H,3-4,7-8H2. The number of hydrogen-bond acceptors (Lipinski definition) is 1. The maximum absolute atomic E-state index is 5.38. The Morgan fingerprint density at radius 3 is 2.44 bits per heavy atom. The third kappa shape index (κ3) is 2.16. The van der Waals surface area contributed by atoms with Gasteiger partial charge in [-0.15, -0.1) is 0 Å². The molecule has 0 saturated carbocycles. The highest BCUT2D eigenvalue weighted by atomic mass is 28.3. The van der Waals surface area contributed by atoms with E-state index in [1.165, 1.54) is 12.5 Å². The van der Waals surface area contributed by atoms with Crippen LogP contribution in [0.1, 0.15) is 6.42 Å². The topological polar surface area (TPSA) is 26.0 Å². The zero-order chi connectivity index (χ0) is 6.53. The molecule has 1 aliphatic heterocycles. The molecule has 0 radical (unpaired) electrons. The molecule has 0 aliphatic carbocycles. The van der Waals surface area contributed by atoms with Gasteiger partial charge >= 0.3 is 0 Å². The second-order valence-electron chi connectivity index (χ2n) is 2.36. The van der Waals surface area contributed by atoms with Gasteiger partial charge in [0.2, 0.25) is 0 Å². The Kier molecular flexibility index (Phi) is 2.74. The third-order valence-electron chi connectivity index (χ3n) is 1.57. The Balaban J connectivity index is 2.13. The van der Waals surface area contributed by atoms with Crippen molar-refractivity contribution < 1.29 is 0 Å². The fraction of sp³-hybridized carbons (Fsp3) is 0.429. The minimum Gasteiger partial charge on any atom is -0.330 e. The van der Waals surface area contributed by atoms with Crippen LogP contribution >= 0.6 is 0 Å². The average Bonchev–Trinajstić information content (AvgIpc) is 2.34. The Morgan fingerprint density at radius 2 is 1.89 bits per heavy atom. The molecule has 1 nitrogen and oxygen atoms in total. The van der Waals surface area contributed by atoms with Gasteiger partial charge in [-0.25, -0.2) is 0 Å². The minimum absolute atomic E-state index is 0.540. The van der Waals surface area contributed by atoms with E-state index in [0.717, 1.165) is 6.54 Å². The molecule has 0 aromatic heterocycles. The van der Waals surface area contributed by atoms with E-state index in [0.29, 0.717) is 0 Å². The summed E-state index contributed by atoms with van der Waals surface area (Å²) in [5, 5.41) is 0. The minimum atomic E-state index is -0.540. The number of allylic oxidation sites excluding steroid dienone is 2. The van der Waals surface area contributed by atoms with Crippen molar-refractivity contribution in [3.05, 3.63) is 23.6 Å². The fourth-order valence-corrected chi connectivity index (χ4v) is 3.07. The summed E-state index contributed by atoms with van der Waals surface area (Å²) in [6, 6.07) is 1.35. The van der Waals surface area contributed by atoms with Crippen LogP contribution in [-0.4, -0.2) is 15.3 Å². The van der Waals surface area contributed by atoms with Crippen LogP contribution in [0, 0.1) is 0 Å². The van der Waals surface area contributed by atoms with Crippen molar-refractivity contribution in [1.29, 1.82) is 0 Å². The van der Waals surface area contributed by atoms with Crippen LogP contribution in [0.2, 0.25) is 6.04 Å². The first-order valence-corrected chi connectivity index (χ1v) is 5.63. The van der Waals surface area contributed by atoms with Crippen LogP contribution in [-0.2, 0) is 0 Å². The van der Waals surface area contributed by atoms with Crippen molar-refractivity contribution in [2.75, 3.05) is 6.54 Å². The number of nitrogens with two attached hydrogens (primary N) is 1. The molecule has 0 atom stereocenters. The molecule has 1 heterocycles. The average molecular weight is 139 g/mol. The Morgan fingerprint density at radius 1 is 1.22 bits per heavy atom. The van der Waals surface area contributed by atoms with Crippen molar-refractivity contribution in [1.82, 2.24) is 0 Å². The van der Waals surface area contributed by atoms with Crippen molar-refractivity contribution in [3.8, 4) is 0 Å². The molecule has 0 amide bonds. The summed E-state index contributed by atoms with van der Waals surface area (Å²) in [7, 11) is -0.540. The maximum atomic E-state index is 5.38. The smallest absolute Gasteiger partial charge is 0.0852 e. The highest BCUT2D eigenvalue weighted by Crippen LogP contribution is 2.05. The first-order chi connectivity index (χ1) is 4.43. The normalized spacial score (nSPS) is 17.4. The number of rotatable bonds is 3. The molecular weight excluding hydrogens is 126 g/mol. The van der Waals surface area contributed by atoms with Gasteiger partial charge in [-0.1, -0.05) is 29.6 Å².